The number of hydrogen-bond acceptors (Lipinski definition) is 2. The third-order valence-corrected chi connectivity index (χ3v) is 4.45. The van der Waals surface area contributed by atoms with E-state index in [1.165, 1.54) is 30.5 Å². The molecular weight excluding hydrogens is 232 g/mol. The van der Waals surface area contributed by atoms with Crippen LogP contribution >= 0.6 is 0 Å². The van der Waals surface area contributed by atoms with E-state index in [1.807, 2.05) is 0 Å². The van der Waals surface area contributed by atoms with Crippen molar-refractivity contribution in [2.45, 2.75) is 51.6 Å². The molecule has 0 saturated carbocycles. The van der Waals surface area contributed by atoms with Gasteiger partial charge in [0.05, 0.1) is 0 Å². The van der Waals surface area contributed by atoms with Crippen molar-refractivity contribution in [1.29, 1.82) is 0 Å². The molecule has 2 unspecified atom stereocenters. The van der Waals surface area contributed by atoms with Gasteiger partial charge in [-0.15, -0.1) is 0 Å². The van der Waals surface area contributed by atoms with Gasteiger partial charge in [-0.25, -0.2) is 0 Å². The predicted octanol–water partition coefficient (Wildman–Crippen LogP) is 3.55. The van der Waals surface area contributed by atoms with Gasteiger partial charge in [0.1, 0.15) is 0 Å². The molecule has 1 aromatic carbocycles. The summed E-state index contributed by atoms with van der Waals surface area (Å²) in [5.41, 5.74) is 2.89. The van der Waals surface area contributed by atoms with Gasteiger partial charge in [-0.1, -0.05) is 38.1 Å². The zero-order chi connectivity index (χ0) is 13.8. The lowest BCUT2D eigenvalue weighted by Gasteiger charge is -2.31. The second-order valence-electron chi connectivity index (χ2n) is 6.09. The van der Waals surface area contributed by atoms with Gasteiger partial charge in [-0.2, -0.15) is 0 Å². The highest BCUT2D eigenvalue weighted by Crippen LogP contribution is 2.29. The largest absolute Gasteiger partial charge is 0.318 e. The van der Waals surface area contributed by atoms with E-state index >= 15 is 0 Å². The van der Waals surface area contributed by atoms with E-state index in [2.05, 4.69) is 62.3 Å². The molecule has 0 spiro atoms. The first-order valence-electron chi connectivity index (χ1n) is 7.63. The third kappa shape index (κ3) is 3.37. The summed E-state index contributed by atoms with van der Waals surface area (Å²) in [6.07, 6.45) is 2.66. The highest BCUT2D eigenvalue weighted by molar-refractivity contribution is 5.26. The molecular formula is C17H28N2. The highest BCUT2D eigenvalue weighted by atomic mass is 15.2. The van der Waals surface area contributed by atoms with E-state index in [-0.39, 0.29) is 0 Å². The quantitative estimate of drug-likeness (QED) is 0.871. The fourth-order valence-electron chi connectivity index (χ4n) is 3.17. The topological polar surface area (TPSA) is 15.3 Å². The van der Waals surface area contributed by atoms with Crippen LogP contribution in [0.2, 0.25) is 0 Å². The van der Waals surface area contributed by atoms with Gasteiger partial charge in [-0.3, -0.25) is 4.90 Å². The number of benzene rings is 1. The molecule has 1 fully saturated rings. The Bertz CT molecular complexity index is 383. The van der Waals surface area contributed by atoms with Gasteiger partial charge in [0.25, 0.3) is 0 Å². The summed E-state index contributed by atoms with van der Waals surface area (Å²) in [4.78, 5) is 2.65. The fourth-order valence-corrected chi connectivity index (χ4v) is 3.17. The molecule has 1 aromatic rings. The molecule has 0 aromatic heterocycles. The second kappa shape index (κ2) is 6.53. The van der Waals surface area contributed by atoms with E-state index in [1.54, 1.807) is 0 Å². The Labute approximate surface area is 118 Å². The van der Waals surface area contributed by atoms with Crippen LogP contribution in [0.5, 0.6) is 0 Å². The summed E-state index contributed by atoms with van der Waals surface area (Å²) in [6, 6.07) is 10.4. The molecule has 2 rings (SSSR count). The van der Waals surface area contributed by atoms with Crippen LogP contribution in [0.15, 0.2) is 24.3 Å². The highest BCUT2D eigenvalue weighted by Gasteiger charge is 2.28. The number of nitrogens with one attached hydrogen (secondary N) is 1. The van der Waals surface area contributed by atoms with Crippen LogP contribution in [0, 0.1) is 0 Å². The van der Waals surface area contributed by atoms with Crippen molar-refractivity contribution >= 4 is 0 Å². The summed E-state index contributed by atoms with van der Waals surface area (Å²) in [7, 11) is 2.05. The van der Waals surface area contributed by atoms with Gasteiger partial charge in [0.2, 0.25) is 0 Å². The number of rotatable bonds is 5. The van der Waals surface area contributed by atoms with Gasteiger partial charge in [0.15, 0.2) is 0 Å². The van der Waals surface area contributed by atoms with Crippen LogP contribution in [0.25, 0.3) is 0 Å². The van der Waals surface area contributed by atoms with Crippen molar-refractivity contribution in [1.82, 2.24) is 10.2 Å². The number of hydrogen-bond donors (Lipinski definition) is 1. The lowest BCUT2D eigenvalue weighted by molar-refractivity contribution is 0.191. The van der Waals surface area contributed by atoms with Crippen LogP contribution in [0.1, 0.15) is 56.7 Å². The van der Waals surface area contributed by atoms with Crippen molar-refractivity contribution in [3.63, 3.8) is 0 Å². The average molecular weight is 260 g/mol. The average Bonchev–Trinajstić information content (AvgIpc) is 2.87. The first-order valence-corrected chi connectivity index (χ1v) is 7.63. The van der Waals surface area contributed by atoms with Crippen LogP contribution in [0.4, 0.5) is 0 Å². The van der Waals surface area contributed by atoms with Crippen molar-refractivity contribution < 1.29 is 0 Å². The second-order valence-corrected chi connectivity index (χ2v) is 6.09. The van der Waals surface area contributed by atoms with Gasteiger partial charge in [0, 0.05) is 18.6 Å². The van der Waals surface area contributed by atoms with Crippen LogP contribution in [-0.4, -0.2) is 31.1 Å². The van der Waals surface area contributed by atoms with E-state index in [0.29, 0.717) is 18.0 Å². The zero-order valence-corrected chi connectivity index (χ0v) is 12.8. The first kappa shape index (κ1) is 14.5. The Balaban J connectivity index is 2.08. The standard InChI is InChI=1S/C17H28N2/c1-13(2)15-7-9-16(10-8-15)14(3)19-11-5-6-17(19)12-18-4/h7-10,13-14,17-18H,5-6,11-12H2,1-4H3. The van der Waals surface area contributed by atoms with Crippen molar-refractivity contribution in [2.24, 2.45) is 0 Å². The molecule has 2 atom stereocenters. The molecule has 1 N–H and O–H groups in total. The van der Waals surface area contributed by atoms with Gasteiger partial charge in [-0.05, 0) is 50.4 Å². The van der Waals surface area contributed by atoms with E-state index < -0.39 is 0 Å². The molecule has 2 heteroatoms. The molecule has 2 nitrogen and oxygen atoms in total. The number of nitrogens with zero attached hydrogens (tertiary/aromatic N) is 1. The molecule has 1 aliphatic rings. The third-order valence-electron chi connectivity index (χ3n) is 4.45. The number of likely N-dealkylation sites (N-methyl/N-ethyl adjacent to an activating group) is 1. The smallest absolute Gasteiger partial charge is 0.0323 e. The Morgan fingerprint density at radius 2 is 1.79 bits per heavy atom. The molecule has 0 radical (unpaired) electrons. The van der Waals surface area contributed by atoms with Crippen LogP contribution in [-0.2, 0) is 0 Å². The summed E-state index contributed by atoms with van der Waals surface area (Å²) < 4.78 is 0. The first-order chi connectivity index (χ1) is 9.13. The summed E-state index contributed by atoms with van der Waals surface area (Å²) >= 11 is 0. The minimum absolute atomic E-state index is 0.530. The molecule has 0 aliphatic carbocycles. The monoisotopic (exact) mass is 260 g/mol. The summed E-state index contributed by atoms with van der Waals surface area (Å²) in [6.45, 7) is 9.19. The van der Waals surface area contributed by atoms with Gasteiger partial charge >= 0.3 is 0 Å². The van der Waals surface area contributed by atoms with Crippen LogP contribution < -0.4 is 5.32 Å². The Morgan fingerprint density at radius 3 is 2.37 bits per heavy atom. The van der Waals surface area contributed by atoms with Gasteiger partial charge < -0.3 is 5.32 Å². The van der Waals surface area contributed by atoms with E-state index in [9.17, 15) is 0 Å². The SMILES string of the molecule is CNCC1CCCN1C(C)c1ccc(C(C)C)cc1. The maximum absolute atomic E-state index is 3.33. The minimum atomic E-state index is 0.530. The van der Waals surface area contributed by atoms with Crippen molar-refractivity contribution in [3.05, 3.63) is 35.4 Å². The van der Waals surface area contributed by atoms with Crippen LogP contribution in [0.3, 0.4) is 0 Å². The molecule has 1 saturated heterocycles. The molecule has 0 bridgehead atoms. The zero-order valence-electron chi connectivity index (χ0n) is 12.8. The molecule has 19 heavy (non-hydrogen) atoms. The predicted molar refractivity (Wildman–Crippen MR) is 82.6 cm³/mol. The normalized spacial score (nSPS) is 22.1. The minimum Gasteiger partial charge on any atom is -0.318 e. The Morgan fingerprint density at radius 1 is 1.16 bits per heavy atom. The molecule has 106 valence electrons. The summed E-state index contributed by atoms with van der Waals surface area (Å²) in [5.74, 6) is 0.619. The maximum atomic E-state index is 3.33. The Hall–Kier alpha value is -0.860. The molecule has 1 aliphatic heterocycles. The lowest BCUT2D eigenvalue weighted by Crippen LogP contribution is -2.38. The molecule has 0 amide bonds. The Kier molecular flexibility index (Phi) is 5.00. The summed E-state index contributed by atoms with van der Waals surface area (Å²) in [5, 5.41) is 3.33. The van der Waals surface area contributed by atoms with E-state index in [4.69, 9.17) is 0 Å². The maximum Gasteiger partial charge on any atom is 0.0323 e. The fraction of sp³-hybridized carbons (Fsp3) is 0.647. The van der Waals surface area contributed by atoms with Crippen molar-refractivity contribution in [3.8, 4) is 0 Å². The molecule has 1 heterocycles. The van der Waals surface area contributed by atoms with Crippen molar-refractivity contribution in [2.75, 3.05) is 20.1 Å². The lowest BCUT2D eigenvalue weighted by atomic mass is 9.99. The van der Waals surface area contributed by atoms with E-state index in [0.717, 1.165) is 6.54 Å². The number of likely N-dealkylation sites (tertiary alicyclic amines) is 1.